The van der Waals surface area contributed by atoms with Gasteiger partial charge >= 0.3 is 5.97 Å². The number of ketones is 1. The fraction of sp³-hybridized carbons (Fsp3) is 0.545. The van der Waals surface area contributed by atoms with Gasteiger partial charge in [-0.3, -0.25) is 9.59 Å². The third-order valence-corrected chi connectivity index (χ3v) is 2.44. The van der Waals surface area contributed by atoms with E-state index in [4.69, 9.17) is 10.5 Å². The molecule has 0 aromatic carbocycles. The molecule has 0 heterocycles. The summed E-state index contributed by atoms with van der Waals surface area (Å²) in [5, 5.41) is 0. The Hall–Kier alpha value is -1.65. The Morgan fingerprint density at radius 3 is 2.44 bits per heavy atom. The zero-order valence-corrected chi connectivity index (χ0v) is 9.25. The Morgan fingerprint density at radius 1 is 1.31 bits per heavy atom. The summed E-state index contributed by atoms with van der Waals surface area (Å²) in [4.78, 5) is 34.2. The van der Waals surface area contributed by atoms with E-state index in [0.717, 1.165) is 12.8 Å². The van der Waals surface area contributed by atoms with Crippen LogP contribution in [0.1, 0.15) is 32.6 Å². The molecule has 1 rings (SSSR count). The summed E-state index contributed by atoms with van der Waals surface area (Å²) in [6, 6.07) is 0. The second kappa shape index (κ2) is 5.44. The molecule has 5 nitrogen and oxygen atoms in total. The normalized spacial score (nSPS) is 19.2. The summed E-state index contributed by atoms with van der Waals surface area (Å²) in [5.74, 6) is -1.85. The van der Waals surface area contributed by atoms with Crippen molar-refractivity contribution >= 4 is 17.7 Å². The van der Waals surface area contributed by atoms with Crippen molar-refractivity contribution < 1.29 is 19.1 Å². The van der Waals surface area contributed by atoms with Gasteiger partial charge in [0.05, 0.1) is 6.61 Å². The number of carbonyl (C=O) groups excluding carboxylic acids is 3. The number of rotatable bonds is 3. The van der Waals surface area contributed by atoms with E-state index in [9.17, 15) is 14.4 Å². The lowest BCUT2D eigenvalue weighted by molar-refractivity contribution is -0.140. The third-order valence-electron chi connectivity index (χ3n) is 2.44. The maximum absolute atomic E-state index is 11.6. The summed E-state index contributed by atoms with van der Waals surface area (Å²) in [5.41, 5.74) is 5.07. The number of allylic oxidation sites excluding steroid dienone is 1. The van der Waals surface area contributed by atoms with Crippen LogP contribution in [0, 0.1) is 0 Å². The first-order chi connectivity index (χ1) is 7.57. The minimum atomic E-state index is -0.885. The Balaban J connectivity index is 3.07. The van der Waals surface area contributed by atoms with E-state index < -0.39 is 11.9 Å². The summed E-state index contributed by atoms with van der Waals surface area (Å²) >= 11 is 0. The minimum absolute atomic E-state index is 0.150. The van der Waals surface area contributed by atoms with Gasteiger partial charge in [0.15, 0.2) is 5.78 Å². The van der Waals surface area contributed by atoms with Gasteiger partial charge in [0.25, 0.3) is 5.91 Å². The van der Waals surface area contributed by atoms with Gasteiger partial charge in [0.2, 0.25) is 0 Å². The molecule has 16 heavy (non-hydrogen) atoms. The van der Waals surface area contributed by atoms with E-state index in [-0.39, 0.29) is 23.5 Å². The van der Waals surface area contributed by atoms with Gasteiger partial charge in [-0.05, 0) is 26.2 Å². The van der Waals surface area contributed by atoms with E-state index >= 15 is 0 Å². The number of hydrogen-bond donors (Lipinski definition) is 1. The fourth-order valence-electron chi connectivity index (χ4n) is 1.72. The molecule has 0 aromatic rings. The molecule has 1 amide bonds. The van der Waals surface area contributed by atoms with Crippen LogP contribution in [0.25, 0.3) is 0 Å². The van der Waals surface area contributed by atoms with E-state index in [1.807, 2.05) is 0 Å². The number of esters is 1. The Morgan fingerprint density at radius 2 is 1.94 bits per heavy atom. The van der Waals surface area contributed by atoms with E-state index in [1.54, 1.807) is 6.92 Å². The van der Waals surface area contributed by atoms with Crippen LogP contribution in [0.15, 0.2) is 11.1 Å². The topological polar surface area (TPSA) is 86.5 Å². The van der Waals surface area contributed by atoms with Gasteiger partial charge < -0.3 is 10.5 Å². The van der Waals surface area contributed by atoms with Crippen molar-refractivity contribution in [1.29, 1.82) is 0 Å². The van der Waals surface area contributed by atoms with Crippen molar-refractivity contribution in [2.75, 3.05) is 6.61 Å². The molecule has 2 N–H and O–H groups in total. The molecule has 1 aliphatic rings. The van der Waals surface area contributed by atoms with Crippen molar-refractivity contribution in [3.63, 3.8) is 0 Å². The molecule has 5 heteroatoms. The van der Waals surface area contributed by atoms with Crippen LogP contribution in [0.3, 0.4) is 0 Å². The Labute approximate surface area is 93.6 Å². The number of nitrogens with two attached hydrogens (primary N) is 1. The van der Waals surface area contributed by atoms with Crippen molar-refractivity contribution in [3.8, 4) is 0 Å². The van der Waals surface area contributed by atoms with Crippen LogP contribution < -0.4 is 5.73 Å². The summed E-state index contributed by atoms with van der Waals surface area (Å²) in [7, 11) is 0. The molecule has 0 unspecified atom stereocenters. The van der Waals surface area contributed by atoms with E-state index in [2.05, 4.69) is 0 Å². The molecule has 0 aromatic heterocycles. The van der Waals surface area contributed by atoms with Gasteiger partial charge in [-0.15, -0.1) is 0 Å². The van der Waals surface area contributed by atoms with Crippen LogP contribution in [-0.4, -0.2) is 24.3 Å². The second-order valence-electron chi connectivity index (χ2n) is 3.57. The first-order valence-corrected chi connectivity index (χ1v) is 5.31. The molecule has 0 saturated heterocycles. The number of ether oxygens (including phenoxy) is 1. The first-order valence-electron chi connectivity index (χ1n) is 5.31. The zero-order valence-electron chi connectivity index (χ0n) is 9.25. The summed E-state index contributed by atoms with van der Waals surface area (Å²) < 4.78 is 4.72. The largest absolute Gasteiger partial charge is 0.462 e. The first kappa shape index (κ1) is 12.4. The number of primary amides is 1. The van der Waals surface area contributed by atoms with Gasteiger partial charge in [-0.2, -0.15) is 0 Å². The lowest BCUT2D eigenvalue weighted by Crippen LogP contribution is -2.27. The summed E-state index contributed by atoms with van der Waals surface area (Å²) in [6.45, 7) is 1.78. The standard InChI is InChI=1S/C11H15NO4/c1-2-16-11(15)9(10(12)14)7-5-3-4-6-8(7)13/h2-6H2,1H3,(H2,12,14). The highest BCUT2D eigenvalue weighted by Crippen LogP contribution is 2.23. The monoisotopic (exact) mass is 225 g/mol. The molecule has 0 bridgehead atoms. The van der Waals surface area contributed by atoms with Gasteiger partial charge in [0, 0.05) is 12.0 Å². The third kappa shape index (κ3) is 2.68. The zero-order chi connectivity index (χ0) is 12.1. The number of Topliss-reactive ketones (excluding diaryl/α,β-unsaturated/α-hetero) is 1. The fourth-order valence-corrected chi connectivity index (χ4v) is 1.72. The lowest BCUT2D eigenvalue weighted by Gasteiger charge is -2.15. The van der Waals surface area contributed by atoms with Crippen LogP contribution >= 0.6 is 0 Å². The molecule has 0 spiro atoms. The molecule has 1 aliphatic carbocycles. The van der Waals surface area contributed by atoms with Crippen molar-refractivity contribution in [2.45, 2.75) is 32.6 Å². The highest BCUT2D eigenvalue weighted by atomic mass is 16.5. The molecule has 1 fully saturated rings. The second-order valence-corrected chi connectivity index (χ2v) is 3.57. The van der Waals surface area contributed by atoms with Crippen molar-refractivity contribution in [1.82, 2.24) is 0 Å². The van der Waals surface area contributed by atoms with Crippen LogP contribution in [0.4, 0.5) is 0 Å². The van der Waals surface area contributed by atoms with Gasteiger partial charge in [-0.1, -0.05) is 0 Å². The lowest BCUT2D eigenvalue weighted by atomic mass is 9.89. The molecule has 0 atom stereocenters. The number of carbonyl (C=O) groups is 3. The highest BCUT2D eigenvalue weighted by Gasteiger charge is 2.27. The average Bonchev–Trinajstić information content (AvgIpc) is 2.21. The maximum atomic E-state index is 11.6. The maximum Gasteiger partial charge on any atom is 0.344 e. The van der Waals surface area contributed by atoms with Gasteiger partial charge in [-0.25, -0.2) is 4.79 Å². The smallest absolute Gasteiger partial charge is 0.344 e. The number of hydrogen-bond acceptors (Lipinski definition) is 4. The predicted molar refractivity (Wildman–Crippen MR) is 56.3 cm³/mol. The highest BCUT2D eigenvalue weighted by molar-refractivity contribution is 6.21. The minimum Gasteiger partial charge on any atom is -0.462 e. The quantitative estimate of drug-likeness (QED) is 0.327. The molecule has 0 radical (unpaired) electrons. The SMILES string of the molecule is CCOC(=O)C(C(N)=O)=C1CCCCC1=O. The molecule has 88 valence electrons. The van der Waals surface area contributed by atoms with Crippen LogP contribution in [0.5, 0.6) is 0 Å². The number of amides is 1. The summed E-state index contributed by atoms with van der Waals surface area (Å²) in [6.07, 6.45) is 2.37. The van der Waals surface area contributed by atoms with Gasteiger partial charge in [0.1, 0.15) is 5.57 Å². The Kier molecular flexibility index (Phi) is 4.22. The van der Waals surface area contributed by atoms with Crippen LogP contribution in [0.2, 0.25) is 0 Å². The molecular formula is C11H15NO4. The molecular weight excluding hydrogens is 210 g/mol. The Bertz CT molecular complexity index is 357. The predicted octanol–water partition coefficient (Wildman–Crippen LogP) is 0.474. The molecule has 0 aliphatic heterocycles. The van der Waals surface area contributed by atoms with E-state index in [1.165, 1.54) is 0 Å². The van der Waals surface area contributed by atoms with E-state index in [0.29, 0.717) is 12.8 Å². The van der Waals surface area contributed by atoms with Crippen molar-refractivity contribution in [3.05, 3.63) is 11.1 Å². The van der Waals surface area contributed by atoms with Crippen LogP contribution in [-0.2, 0) is 19.1 Å². The average molecular weight is 225 g/mol. The molecule has 1 saturated carbocycles. The van der Waals surface area contributed by atoms with Crippen molar-refractivity contribution in [2.24, 2.45) is 5.73 Å².